The summed E-state index contributed by atoms with van der Waals surface area (Å²) in [6.45, 7) is 0. The summed E-state index contributed by atoms with van der Waals surface area (Å²) in [5.41, 5.74) is 1.50. The van der Waals surface area contributed by atoms with Gasteiger partial charge >= 0.3 is 5.97 Å². The average Bonchev–Trinajstić information content (AvgIpc) is 2.47. The molecular weight excluding hydrogens is 311 g/mol. The molecule has 21 heavy (non-hydrogen) atoms. The fraction of sp³-hybridized carbons (Fsp3) is 0. The molecule has 4 nitrogen and oxygen atoms in total. The predicted octanol–water partition coefficient (Wildman–Crippen LogP) is 4.30. The van der Waals surface area contributed by atoms with Gasteiger partial charge in [0.2, 0.25) is 0 Å². The molecule has 0 aliphatic carbocycles. The highest BCUT2D eigenvalue weighted by Gasteiger charge is 2.16. The lowest BCUT2D eigenvalue weighted by Crippen LogP contribution is -2.01. The van der Waals surface area contributed by atoms with E-state index in [2.05, 4.69) is 9.97 Å². The second-order valence-corrected chi connectivity index (χ2v) is 5.20. The summed E-state index contributed by atoms with van der Waals surface area (Å²) in [6.07, 6.45) is 1.62. The van der Waals surface area contributed by atoms with Crippen molar-refractivity contribution in [1.29, 1.82) is 0 Å². The van der Waals surface area contributed by atoms with Gasteiger partial charge in [-0.15, -0.1) is 0 Å². The molecule has 3 aromatic rings. The van der Waals surface area contributed by atoms with E-state index in [1.807, 2.05) is 0 Å². The molecule has 1 aromatic carbocycles. The number of pyridine rings is 2. The van der Waals surface area contributed by atoms with Crippen LogP contribution in [-0.4, -0.2) is 21.0 Å². The third-order valence-electron chi connectivity index (χ3n) is 2.99. The van der Waals surface area contributed by atoms with Gasteiger partial charge in [0.05, 0.1) is 27.5 Å². The highest BCUT2D eigenvalue weighted by Crippen LogP contribution is 2.31. The van der Waals surface area contributed by atoms with E-state index < -0.39 is 5.97 Å². The van der Waals surface area contributed by atoms with Crippen LogP contribution in [0.2, 0.25) is 10.0 Å². The Hall–Kier alpha value is -2.17. The van der Waals surface area contributed by atoms with E-state index >= 15 is 0 Å². The number of hydrogen-bond donors (Lipinski definition) is 1. The molecule has 0 bridgehead atoms. The minimum Gasteiger partial charge on any atom is -0.478 e. The molecule has 0 spiro atoms. The number of halogens is 2. The van der Waals surface area contributed by atoms with Crippen molar-refractivity contribution in [3.8, 4) is 11.4 Å². The lowest BCUT2D eigenvalue weighted by Gasteiger charge is -2.08. The molecule has 2 aromatic heterocycles. The molecule has 0 saturated carbocycles. The number of carboxylic acids is 1. The molecule has 2 heterocycles. The number of nitrogens with zero attached hydrogens (tertiary/aromatic N) is 2. The first-order valence-corrected chi connectivity index (χ1v) is 6.76. The summed E-state index contributed by atoms with van der Waals surface area (Å²) >= 11 is 12.1. The van der Waals surface area contributed by atoms with E-state index in [1.165, 1.54) is 12.1 Å². The van der Waals surface area contributed by atoms with Gasteiger partial charge in [0.1, 0.15) is 0 Å². The SMILES string of the molecule is O=C(O)c1cc(-c2ccccn2)nc2c(Cl)cc(Cl)cc12. The van der Waals surface area contributed by atoms with Crippen LogP contribution in [0.1, 0.15) is 10.4 Å². The molecule has 3 rings (SSSR count). The number of aromatic nitrogens is 2. The molecule has 0 unspecified atom stereocenters. The highest BCUT2D eigenvalue weighted by atomic mass is 35.5. The minimum absolute atomic E-state index is 0.0880. The fourth-order valence-electron chi connectivity index (χ4n) is 2.07. The minimum atomic E-state index is -1.07. The molecule has 1 N–H and O–H groups in total. The van der Waals surface area contributed by atoms with E-state index in [4.69, 9.17) is 23.2 Å². The van der Waals surface area contributed by atoms with Crippen LogP contribution in [-0.2, 0) is 0 Å². The highest BCUT2D eigenvalue weighted by molar-refractivity contribution is 6.38. The third kappa shape index (κ3) is 2.55. The number of benzene rings is 1. The maximum Gasteiger partial charge on any atom is 0.336 e. The number of fused-ring (bicyclic) bond motifs is 1. The Labute approximate surface area is 130 Å². The van der Waals surface area contributed by atoms with Crippen molar-refractivity contribution >= 4 is 40.1 Å². The van der Waals surface area contributed by atoms with Gasteiger partial charge in [-0.1, -0.05) is 29.3 Å². The Kier molecular flexibility index (Phi) is 3.49. The Morgan fingerprint density at radius 2 is 1.90 bits per heavy atom. The largest absolute Gasteiger partial charge is 0.478 e. The lowest BCUT2D eigenvalue weighted by molar-refractivity contribution is 0.0699. The summed E-state index contributed by atoms with van der Waals surface area (Å²) < 4.78 is 0. The summed E-state index contributed by atoms with van der Waals surface area (Å²) in [4.78, 5) is 20.1. The molecule has 0 fully saturated rings. The van der Waals surface area contributed by atoms with Gasteiger partial charge in [-0.25, -0.2) is 9.78 Å². The number of rotatable bonds is 2. The van der Waals surface area contributed by atoms with Crippen LogP contribution in [0.15, 0.2) is 42.6 Å². The maximum atomic E-state index is 11.5. The summed E-state index contributed by atoms with van der Waals surface area (Å²) in [6, 6.07) is 9.88. The van der Waals surface area contributed by atoms with Crippen LogP contribution in [0.25, 0.3) is 22.3 Å². The van der Waals surface area contributed by atoms with E-state index in [1.54, 1.807) is 30.5 Å². The van der Waals surface area contributed by atoms with Crippen LogP contribution in [0, 0.1) is 0 Å². The number of aromatic carboxylic acids is 1. The van der Waals surface area contributed by atoms with Crippen molar-refractivity contribution in [2.75, 3.05) is 0 Å². The summed E-state index contributed by atoms with van der Waals surface area (Å²) in [5.74, 6) is -1.07. The first kappa shape index (κ1) is 13.8. The van der Waals surface area contributed by atoms with Crippen molar-refractivity contribution < 1.29 is 9.90 Å². The first-order valence-electron chi connectivity index (χ1n) is 6.01. The number of hydrogen-bond acceptors (Lipinski definition) is 3. The van der Waals surface area contributed by atoms with Crippen LogP contribution in [0.5, 0.6) is 0 Å². The predicted molar refractivity (Wildman–Crippen MR) is 82.0 cm³/mol. The lowest BCUT2D eigenvalue weighted by atomic mass is 10.1. The molecule has 104 valence electrons. The normalized spacial score (nSPS) is 10.8. The standard InChI is InChI=1S/C15H8Cl2N2O2/c16-8-5-9-10(15(20)21)7-13(12-3-1-2-4-18-12)19-14(9)11(17)6-8/h1-7H,(H,20,21). The Bertz CT molecular complexity index is 851. The first-order chi connectivity index (χ1) is 10.1. The van der Waals surface area contributed by atoms with Crippen molar-refractivity contribution in [3.05, 3.63) is 58.2 Å². The third-order valence-corrected chi connectivity index (χ3v) is 3.50. The van der Waals surface area contributed by atoms with Crippen LogP contribution >= 0.6 is 23.2 Å². The van der Waals surface area contributed by atoms with E-state index in [0.29, 0.717) is 32.3 Å². The molecule has 6 heteroatoms. The van der Waals surface area contributed by atoms with Crippen LogP contribution < -0.4 is 0 Å². The Morgan fingerprint density at radius 1 is 1.10 bits per heavy atom. The van der Waals surface area contributed by atoms with Crippen molar-refractivity contribution in [3.63, 3.8) is 0 Å². The van der Waals surface area contributed by atoms with Gasteiger partial charge in [0.25, 0.3) is 0 Å². The molecule has 0 radical (unpaired) electrons. The van der Waals surface area contributed by atoms with Gasteiger partial charge < -0.3 is 5.11 Å². The maximum absolute atomic E-state index is 11.5. The molecule has 0 aliphatic rings. The van der Waals surface area contributed by atoms with Gasteiger partial charge in [0.15, 0.2) is 0 Å². The van der Waals surface area contributed by atoms with E-state index in [0.717, 1.165) is 0 Å². The van der Waals surface area contributed by atoms with E-state index in [-0.39, 0.29) is 5.56 Å². The zero-order chi connectivity index (χ0) is 15.0. The fourth-order valence-corrected chi connectivity index (χ4v) is 2.61. The average molecular weight is 319 g/mol. The molecular formula is C15H8Cl2N2O2. The monoisotopic (exact) mass is 318 g/mol. The Morgan fingerprint density at radius 3 is 2.57 bits per heavy atom. The van der Waals surface area contributed by atoms with Gasteiger partial charge in [-0.05, 0) is 30.3 Å². The Balaban J connectivity index is 2.38. The summed E-state index contributed by atoms with van der Waals surface area (Å²) in [5, 5.41) is 10.5. The van der Waals surface area contributed by atoms with Gasteiger partial charge in [-0.3, -0.25) is 4.98 Å². The van der Waals surface area contributed by atoms with Crippen LogP contribution in [0.3, 0.4) is 0 Å². The second kappa shape index (κ2) is 5.31. The van der Waals surface area contributed by atoms with Gasteiger partial charge in [0, 0.05) is 16.6 Å². The van der Waals surface area contributed by atoms with E-state index in [9.17, 15) is 9.90 Å². The van der Waals surface area contributed by atoms with Gasteiger partial charge in [-0.2, -0.15) is 0 Å². The van der Waals surface area contributed by atoms with Crippen molar-refractivity contribution in [1.82, 2.24) is 9.97 Å². The van der Waals surface area contributed by atoms with Crippen LogP contribution in [0.4, 0.5) is 0 Å². The second-order valence-electron chi connectivity index (χ2n) is 4.36. The molecule has 0 saturated heterocycles. The zero-order valence-electron chi connectivity index (χ0n) is 10.5. The topological polar surface area (TPSA) is 63.1 Å². The molecule has 0 amide bonds. The van der Waals surface area contributed by atoms with Crippen molar-refractivity contribution in [2.24, 2.45) is 0 Å². The summed E-state index contributed by atoms with van der Waals surface area (Å²) in [7, 11) is 0. The van der Waals surface area contributed by atoms with Crippen molar-refractivity contribution in [2.45, 2.75) is 0 Å². The smallest absolute Gasteiger partial charge is 0.336 e. The number of carbonyl (C=O) groups is 1. The quantitative estimate of drug-likeness (QED) is 0.765. The molecule has 0 atom stereocenters. The zero-order valence-corrected chi connectivity index (χ0v) is 12.1. The molecule has 0 aliphatic heterocycles. The number of carboxylic acid groups (broad SMARTS) is 1.